The maximum absolute atomic E-state index is 6.27. The third-order valence-electron chi connectivity index (χ3n) is 4.43. The van der Waals surface area contributed by atoms with Crippen LogP contribution in [0.4, 0.5) is 0 Å². The molecule has 1 aromatic heterocycles. The first-order valence-corrected chi connectivity index (χ1v) is 7.87. The fraction of sp³-hybridized carbons (Fsp3) is 0.471. The van der Waals surface area contributed by atoms with Crippen molar-refractivity contribution in [3.63, 3.8) is 0 Å². The molecule has 2 aliphatic rings. The number of nitrogens with one attached hydrogen (secondary N) is 1. The van der Waals surface area contributed by atoms with Crippen LogP contribution >= 0.6 is 0 Å². The minimum atomic E-state index is 0.0899. The zero-order valence-corrected chi connectivity index (χ0v) is 12.3. The summed E-state index contributed by atoms with van der Waals surface area (Å²) in [6.07, 6.45) is 7.52. The molecule has 1 N–H and O–H groups in total. The molecule has 4 rings (SSSR count). The summed E-state index contributed by atoms with van der Waals surface area (Å²) in [5.41, 5.74) is 2.49. The number of hydrogen-bond acceptors (Lipinski definition) is 3. The Labute approximate surface area is 125 Å². The van der Waals surface area contributed by atoms with Crippen LogP contribution in [0.2, 0.25) is 0 Å². The van der Waals surface area contributed by atoms with Gasteiger partial charge in [-0.3, -0.25) is 0 Å². The number of rotatable bonds is 4. The van der Waals surface area contributed by atoms with Crippen LogP contribution in [0, 0.1) is 0 Å². The maximum atomic E-state index is 6.27. The molecule has 1 saturated carbocycles. The van der Waals surface area contributed by atoms with Crippen LogP contribution in [0.1, 0.15) is 55.6 Å². The van der Waals surface area contributed by atoms with E-state index in [1.165, 1.54) is 24.1 Å². The zero-order valence-electron chi connectivity index (χ0n) is 12.3. The fourth-order valence-electron chi connectivity index (χ4n) is 3.26. The highest BCUT2D eigenvalue weighted by Crippen LogP contribution is 2.43. The predicted molar refractivity (Wildman–Crippen MR) is 81.3 cm³/mol. The van der Waals surface area contributed by atoms with E-state index in [9.17, 15) is 0 Å². The number of ether oxygens (including phenoxy) is 1. The van der Waals surface area contributed by atoms with Crippen molar-refractivity contribution in [1.82, 2.24) is 14.9 Å². The summed E-state index contributed by atoms with van der Waals surface area (Å²) in [7, 11) is 0. The number of benzene rings is 1. The summed E-state index contributed by atoms with van der Waals surface area (Å²) >= 11 is 0. The molecule has 1 aliphatic heterocycles. The number of nitrogens with zero attached hydrogens (tertiary/aromatic N) is 2. The van der Waals surface area contributed by atoms with Crippen LogP contribution < -0.4 is 10.1 Å². The molecule has 21 heavy (non-hydrogen) atoms. The van der Waals surface area contributed by atoms with E-state index in [1.54, 1.807) is 0 Å². The molecule has 2 heterocycles. The average Bonchev–Trinajstić information content (AvgIpc) is 3.24. The van der Waals surface area contributed by atoms with Gasteiger partial charge in [-0.25, -0.2) is 4.98 Å². The lowest BCUT2D eigenvalue weighted by atomic mass is 9.95. The van der Waals surface area contributed by atoms with E-state index >= 15 is 0 Å². The molecule has 0 bridgehead atoms. The Hall–Kier alpha value is -1.81. The summed E-state index contributed by atoms with van der Waals surface area (Å²) < 4.78 is 8.58. The van der Waals surface area contributed by atoms with E-state index in [4.69, 9.17) is 4.74 Å². The van der Waals surface area contributed by atoms with Gasteiger partial charge < -0.3 is 14.6 Å². The highest BCUT2D eigenvalue weighted by Gasteiger charge is 2.33. The van der Waals surface area contributed by atoms with E-state index in [0.717, 1.165) is 18.7 Å². The number of fused-ring (bicyclic) bond motifs is 1. The Morgan fingerprint density at radius 1 is 1.33 bits per heavy atom. The highest BCUT2D eigenvalue weighted by atomic mass is 16.5. The Kier molecular flexibility index (Phi) is 3.19. The maximum Gasteiger partial charge on any atom is 0.142 e. The second-order valence-electron chi connectivity index (χ2n) is 5.95. The summed E-state index contributed by atoms with van der Waals surface area (Å²) in [5, 5.41) is 3.59. The van der Waals surface area contributed by atoms with E-state index in [-0.39, 0.29) is 6.10 Å². The van der Waals surface area contributed by atoms with Crippen LogP contribution in [0.15, 0.2) is 36.8 Å². The van der Waals surface area contributed by atoms with Crippen molar-refractivity contribution >= 4 is 0 Å². The number of imidazole rings is 1. The van der Waals surface area contributed by atoms with Crippen molar-refractivity contribution in [3.05, 3.63) is 48.0 Å². The number of hydrogen-bond donors (Lipinski definition) is 1. The van der Waals surface area contributed by atoms with Crippen molar-refractivity contribution in [3.8, 4) is 5.75 Å². The average molecular weight is 283 g/mol. The van der Waals surface area contributed by atoms with Gasteiger partial charge in [-0.15, -0.1) is 0 Å². The van der Waals surface area contributed by atoms with E-state index in [2.05, 4.69) is 40.0 Å². The first-order chi connectivity index (χ1) is 10.4. The van der Waals surface area contributed by atoms with Gasteiger partial charge in [-0.05, 0) is 25.5 Å². The van der Waals surface area contributed by atoms with Crippen LogP contribution in [0.25, 0.3) is 0 Å². The van der Waals surface area contributed by atoms with Gasteiger partial charge in [0.25, 0.3) is 0 Å². The van der Waals surface area contributed by atoms with Gasteiger partial charge in [0.15, 0.2) is 0 Å². The molecule has 4 nitrogen and oxygen atoms in total. The van der Waals surface area contributed by atoms with Gasteiger partial charge in [0, 0.05) is 24.1 Å². The van der Waals surface area contributed by atoms with Gasteiger partial charge in [0.05, 0.1) is 18.2 Å². The van der Waals surface area contributed by atoms with E-state index in [0.29, 0.717) is 12.1 Å². The molecule has 0 amide bonds. The van der Waals surface area contributed by atoms with Crippen LogP contribution in [0.3, 0.4) is 0 Å². The molecule has 2 atom stereocenters. The second-order valence-corrected chi connectivity index (χ2v) is 5.95. The Bertz CT molecular complexity index is 632. The van der Waals surface area contributed by atoms with Crippen molar-refractivity contribution in [2.45, 2.75) is 44.4 Å². The summed E-state index contributed by atoms with van der Waals surface area (Å²) in [6, 6.07) is 9.36. The van der Waals surface area contributed by atoms with Crippen molar-refractivity contribution in [2.24, 2.45) is 0 Å². The van der Waals surface area contributed by atoms with E-state index < -0.39 is 0 Å². The van der Waals surface area contributed by atoms with Crippen molar-refractivity contribution in [2.75, 3.05) is 6.54 Å². The molecule has 4 heteroatoms. The van der Waals surface area contributed by atoms with Gasteiger partial charge in [0.1, 0.15) is 11.9 Å². The molecule has 1 aromatic carbocycles. The first-order valence-electron chi connectivity index (χ1n) is 7.87. The number of para-hydroxylation sites is 1. The van der Waals surface area contributed by atoms with Gasteiger partial charge >= 0.3 is 0 Å². The minimum absolute atomic E-state index is 0.0899. The summed E-state index contributed by atoms with van der Waals surface area (Å²) in [5.74, 6) is 1.00. The third kappa shape index (κ3) is 2.33. The predicted octanol–water partition coefficient (Wildman–Crippen LogP) is 3.39. The Morgan fingerprint density at radius 3 is 3.00 bits per heavy atom. The Balaban J connectivity index is 1.67. The minimum Gasteiger partial charge on any atom is -0.484 e. The summed E-state index contributed by atoms with van der Waals surface area (Å²) in [6.45, 7) is 3.12. The van der Waals surface area contributed by atoms with Crippen molar-refractivity contribution in [1.29, 1.82) is 0 Å². The molecule has 0 radical (unpaired) electrons. The molecule has 0 saturated heterocycles. The van der Waals surface area contributed by atoms with Gasteiger partial charge in [-0.1, -0.05) is 25.1 Å². The van der Waals surface area contributed by atoms with Crippen LogP contribution in [-0.4, -0.2) is 16.1 Å². The highest BCUT2D eigenvalue weighted by molar-refractivity contribution is 5.38. The molecule has 0 spiro atoms. The van der Waals surface area contributed by atoms with Crippen molar-refractivity contribution < 1.29 is 4.74 Å². The van der Waals surface area contributed by atoms with E-state index in [1.807, 2.05) is 18.6 Å². The number of aromatic nitrogens is 2. The largest absolute Gasteiger partial charge is 0.484 e. The first kappa shape index (κ1) is 12.9. The lowest BCUT2D eigenvalue weighted by Crippen LogP contribution is -2.29. The Morgan fingerprint density at radius 2 is 2.19 bits per heavy atom. The second kappa shape index (κ2) is 5.19. The SMILES string of the molecule is CCNC1CC(c2cncn2C2CC2)Oc2ccccc21. The lowest BCUT2D eigenvalue weighted by Gasteiger charge is -2.33. The molecular formula is C17H21N3O. The lowest BCUT2D eigenvalue weighted by molar-refractivity contribution is 0.144. The van der Waals surface area contributed by atoms with Gasteiger partial charge in [-0.2, -0.15) is 0 Å². The molecule has 2 aromatic rings. The molecule has 110 valence electrons. The molecule has 2 unspecified atom stereocenters. The monoisotopic (exact) mass is 283 g/mol. The van der Waals surface area contributed by atoms with Gasteiger partial charge in [0.2, 0.25) is 0 Å². The third-order valence-corrected chi connectivity index (χ3v) is 4.43. The molecule has 1 aliphatic carbocycles. The smallest absolute Gasteiger partial charge is 0.142 e. The van der Waals surface area contributed by atoms with Crippen LogP contribution in [0.5, 0.6) is 5.75 Å². The normalized spacial score (nSPS) is 24.4. The topological polar surface area (TPSA) is 39.1 Å². The molecular weight excluding hydrogens is 262 g/mol. The summed E-state index contributed by atoms with van der Waals surface area (Å²) in [4.78, 5) is 4.35. The zero-order chi connectivity index (χ0) is 14.2. The standard InChI is InChI=1S/C17H21N3O/c1-2-19-14-9-17(21-16-6-4-3-5-13(14)16)15-10-18-11-20(15)12-7-8-12/h3-6,10-12,14,17,19H,2,7-9H2,1H3. The van der Waals surface area contributed by atoms with Crippen LogP contribution in [-0.2, 0) is 0 Å². The molecule has 1 fully saturated rings. The quantitative estimate of drug-likeness (QED) is 0.934. The fourth-order valence-corrected chi connectivity index (χ4v) is 3.26.